The molecule has 23 heteroatoms. The molecule has 2 rings (SSSR count). The predicted molar refractivity (Wildman–Crippen MR) is 231 cm³/mol. The lowest BCUT2D eigenvalue weighted by Crippen LogP contribution is -2.59. The monoisotopic (exact) mass is 915 g/mol. The van der Waals surface area contributed by atoms with E-state index in [4.69, 9.17) is 24.1 Å². The predicted octanol–water partition coefficient (Wildman–Crippen LogP) is -6.17. The summed E-state index contributed by atoms with van der Waals surface area (Å²) in [5, 5.41) is 114. The SMILES string of the molecule is O=C(O)CCCCCNCCNCCNCCCCCNCCNCCNC(CCCNCCO[C@H]1O[C@H](CO)[C@@H](O)[C@H](O)[C@@H]1O)C(=O)NCCO[C@H]1O[C@H](CO)[C@@H](O)[C@H](O)[C@@H]1O. The highest BCUT2D eigenvalue weighted by Crippen LogP contribution is 2.23. The van der Waals surface area contributed by atoms with Crippen LogP contribution in [-0.2, 0) is 28.5 Å². The van der Waals surface area contributed by atoms with E-state index in [1.807, 2.05) is 0 Å². The molecule has 0 aromatic carbocycles. The number of aliphatic hydroxyl groups excluding tert-OH is 8. The number of aliphatic carboxylic acids is 1. The number of carbonyl (C=O) groups is 2. The number of hydrogen-bond donors (Lipinski definition) is 17. The van der Waals surface area contributed by atoms with E-state index in [2.05, 4.69) is 42.5 Å². The van der Waals surface area contributed by atoms with Gasteiger partial charge in [-0.3, -0.25) is 9.59 Å². The molecule has 0 radical (unpaired) electrons. The van der Waals surface area contributed by atoms with Gasteiger partial charge in [0, 0.05) is 71.9 Å². The van der Waals surface area contributed by atoms with E-state index < -0.39 is 86.6 Å². The molecule has 63 heavy (non-hydrogen) atoms. The first-order chi connectivity index (χ1) is 30.5. The highest BCUT2D eigenvalue weighted by Gasteiger charge is 2.45. The summed E-state index contributed by atoms with van der Waals surface area (Å²) in [6.45, 7) is 9.09. The van der Waals surface area contributed by atoms with Gasteiger partial charge in [-0.2, -0.15) is 0 Å². The Morgan fingerprint density at radius 1 is 0.476 bits per heavy atom. The highest BCUT2D eigenvalue weighted by molar-refractivity contribution is 5.81. The second-order valence-corrected chi connectivity index (χ2v) is 15.8. The topological polar surface area (TPSA) is 349 Å². The van der Waals surface area contributed by atoms with Crippen LogP contribution in [0.5, 0.6) is 0 Å². The van der Waals surface area contributed by atoms with Crippen LogP contribution < -0.4 is 42.5 Å². The zero-order valence-electron chi connectivity index (χ0n) is 36.9. The van der Waals surface area contributed by atoms with E-state index in [1.54, 1.807) is 0 Å². The molecule has 17 N–H and O–H groups in total. The number of amides is 1. The largest absolute Gasteiger partial charge is 0.481 e. The molecule has 0 bridgehead atoms. The fourth-order valence-corrected chi connectivity index (χ4v) is 6.88. The van der Waals surface area contributed by atoms with Crippen molar-refractivity contribution in [3.8, 4) is 0 Å². The normalized spacial score (nSPS) is 26.8. The van der Waals surface area contributed by atoms with E-state index in [1.165, 1.54) is 0 Å². The molecule has 1 unspecified atom stereocenters. The van der Waals surface area contributed by atoms with Crippen molar-refractivity contribution in [2.24, 2.45) is 0 Å². The van der Waals surface area contributed by atoms with Gasteiger partial charge in [0.15, 0.2) is 12.6 Å². The first kappa shape index (κ1) is 57.3. The van der Waals surface area contributed by atoms with Gasteiger partial charge in [0.25, 0.3) is 0 Å². The molecular weight excluding hydrogens is 832 g/mol. The molecule has 0 spiro atoms. The van der Waals surface area contributed by atoms with Gasteiger partial charge in [0.1, 0.15) is 48.8 Å². The van der Waals surface area contributed by atoms with Crippen molar-refractivity contribution in [2.75, 3.05) is 118 Å². The third-order valence-corrected chi connectivity index (χ3v) is 10.7. The fraction of sp³-hybridized carbons (Fsp3) is 0.950. The van der Waals surface area contributed by atoms with Crippen molar-refractivity contribution in [1.29, 1.82) is 0 Å². The fourth-order valence-electron chi connectivity index (χ4n) is 6.88. The number of unbranched alkanes of at least 4 members (excludes halogenated alkanes) is 4. The molecular formula is C40H82N8O15. The zero-order chi connectivity index (χ0) is 46.1. The van der Waals surface area contributed by atoms with Gasteiger partial charge >= 0.3 is 5.97 Å². The van der Waals surface area contributed by atoms with Crippen molar-refractivity contribution in [3.63, 3.8) is 0 Å². The Labute approximate surface area is 371 Å². The van der Waals surface area contributed by atoms with Crippen LogP contribution in [0.3, 0.4) is 0 Å². The van der Waals surface area contributed by atoms with Gasteiger partial charge < -0.3 is 107 Å². The summed E-state index contributed by atoms with van der Waals surface area (Å²) < 4.78 is 21.7. The van der Waals surface area contributed by atoms with E-state index in [0.717, 1.165) is 97.4 Å². The van der Waals surface area contributed by atoms with Gasteiger partial charge in [-0.1, -0.05) is 12.8 Å². The Morgan fingerprint density at radius 2 is 0.889 bits per heavy atom. The zero-order valence-corrected chi connectivity index (χ0v) is 36.9. The Morgan fingerprint density at radius 3 is 1.37 bits per heavy atom. The van der Waals surface area contributed by atoms with Crippen LogP contribution in [0.15, 0.2) is 0 Å². The first-order valence-corrected chi connectivity index (χ1v) is 22.8. The molecule has 2 aliphatic rings. The van der Waals surface area contributed by atoms with Crippen LogP contribution in [0.1, 0.15) is 57.8 Å². The van der Waals surface area contributed by atoms with Crippen molar-refractivity contribution in [3.05, 3.63) is 0 Å². The Bertz CT molecular complexity index is 1140. The van der Waals surface area contributed by atoms with Crippen LogP contribution in [0.25, 0.3) is 0 Å². The third-order valence-electron chi connectivity index (χ3n) is 10.7. The van der Waals surface area contributed by atoms with Crippen LogP contribution in [0.2, 0.25) is 0 Å². The van der Waals surface area contributed by atoms with Crippen LogP contribution in [0.4, 0.5) is 0 Å². The standard InChI is InChI=1S/C40H82N8O15/c49-26-29-32(53)34(55)36(57)39(62-29)60-24-22-44-13-7-8-28(38(59)48-23-25-61-40-37(58)35(56)33(54)30(27-50)63-40)47-21-20-46-19-16-43-12-6-2-5-11-42-15-18-45-17-14-41-10-4-1-3-9-31(51)52/h28-30,32-37,39-47,49-50,53-58H,1-27H2,(H,48,59)(H,51,52)/t28?,29-,30-,32-,33-,34+,35+,36+,37+,39+,40+/m1/s1. The summed E-state index contributed by atoms with van der Waals surface area (Å²) >= 11 is 0. The number of ether oxygens (including phenoxy) is 4. The average Bonchev–Trinajstić information content (AvgIpc) is 3.27. The number of carbonyl (C=O) groups excluding carboxylic acids is 1. The molecule has 0 aromatic heterocycles. The van der Waals surface area contributed by atoms with E-state index >= 15 is 0 Å². The summed E-state index contributed by atoms with van der Waals surface area (Å²) in [5.41, 5.74) is 0. The number of carboxylic acid groups (broad SMARTS) is 1. The van der Waals surface area contributed by atoms with Gasteiger partial charge in [0.2, 0.25) is 5.91 Å². The number of rotatable bonds is 40. The van der Waals surface area contributed by atoms with Crippen molar-refractivity contribution < 1.29 is 74.5 Å². The maximum Gasteiger partial charge on any atom is 0.303 e. The molecule has 23 nitrogen and oxygen atoms in total. The van der Waals surface area contributed by atoms with Gasteiger partial charge in [-0.05, 0) is 64.7 Å². The highest BCUT2D eigenvalue weighted by atomic mass is 16.7. The number of carboxylic acids is 1. The molecule has 2 saturated heterocycles. The van der Waals surface area contributed by atoms with Crippen molar-refractivity contribution >= 4 is 11.9 Å². The first-order valence-electron chi connectivity index (χ1n) is 22.8. The third kappa shape index (κ3) is 25.0. The molecule has 0 saturated carbocycles. The summed E-state index contributed by atoms with van der Waals surface area (Å²) in [7, 11) is 0. The minimum absolute atomic E-state index is 0.0676. The lowest BCUT2D eigenvalue weighted by molar-refractivity contribution is -0.300. The molecule has 0 aliphatic carbocycles. The molecule has 2 fully saturated rings. The molecule has 11 atom stereocenters. The summed E-state index contributed by atoms with van der Waals surface area (Å²) in [4.78, 5) is 23.7. The number of hydrogen-bond acceptors (Lipinski definition) is 21. The van der Waals surface area contributed by atoms with Gasteiger partial charge in [-0.15, -0.1) is 0 Å². The second kappa shape index (κ2) is 36.3. The quantitative estimate of drug-likeness (QED) is 0.0254. The lowest BCUT2D eigenvalue weighted by Gasteiger charge is -2.39. The molecule has 2 aliphatic heterocycles. The van der Waals surface area contributed by atoms with E-state index in [9.17, 15) is 50.4 Å². The molecule has 372 valence electrons. The minimum atomic E-state index is -1.57. The Hall–Kier alpha value is -1.82. The Kier molecular flexibility index (Phi) is 33.0. The summed E-state index contributed by atoms with van der Waals surface area (Å²) in [6.07, 6.45) is -6.41. The average molecular weight is 915 g/mol. The van der Waals surface area contributed by atoms with Crippen molar-refractivity contribution in [1.82, 2.24) is 42.5 Å². The number of aliphatic hydroxyl groups is 8. The molecule has 0 aromatic rings. The van der Waals surface area contributed by atoms with Crippen molar-refractivity contribution in [2.45, 2.75) is 125 Å². The van der Waals surface area contributed by atoms with E-state index in [0.29, 0.717) is 39.0 Å². The summed E-state index contributed by atoms with van der Waals surface area (Å²) in [6, 6.07) is -0.544. The minimum Gasteiger partial charge on any atom is -0.481 e. The van der Waals surface area contributed by atoms with Gasteiger partial charge in [-0.25, -0.2) is 0 Å². The maximum absolute atomic E-state index is 13.2. The van der Waals surface area contributed by atoms with Gasteiger partial charge in [0.05, 0.1) is 32.5 Å². The maximum atomic E-state index is 13.2. The van der Waals surface area contributed by atoms with Crippen LogP contribution in [0, 0.1) is 0 Å². The summed E-state index contributed by atoms with van der Waals surface area (Å²) in [5.74, 6) is -0.997. The smallest absolute Gasteiger partial charge is 0.303 e. The Balaban J connectivity index is 1.56. The lowest BCUT2D eigenvalue weighted by atomic mass is 9.99. The molecule has 1 amide bonds. The van der Waals surface area contributed by atoms with E-state index in [-0.39, 0.29) is 32.1 Å². The second-order valence-electron chi connectivity index (χ2n) is 15.8. The number of nitrogens with one attached hydrogen (secondary N) is 8. The van der Waals surface area contributed by atoms with Crippen LogP contribution in [-0.4, -0.2) is 243 Å². The molecule has 2 heterocycles. The van der Waals surface area contributed by atoms with Crippen LogP contribution >= 0.6 is 0 Å².